The third kappa shape index (κ3) is 4.77. The van der Waals surface area contributed by atoms with E-state index >= 15 is 0 Å². The molecule has 0 spiro atoms. The Morgan fingerprint density at radius 3 is 2.17 bits per heavy atom. The lowest BCUT2D eigenvalue weighted by Crippen LogP contribution is -2.47. The third-order valence-corrected chi connectivity index (χ3v) is 4.05. The van der Waals surface area contributed by atoms with Gasteiger partial charge in [0.15, 0.2) is 6.10 Å². The molecule has 0 N–H and O–H groups in total. The Labute approximate surface area is 149 Å². The number of nitrogens with zero attached hydrogens (tertiary/aromatic N) is 2. The summed E-state index contributed by atoms with van der Waals surface area (Å²) in [5, 5.41) is 10.9. The molecule has 0 saturated carbocycles. The lowest BCUT2D eigenvalue weighted by atomic mass is 10.2. The minimum atomic E-state index is -0.981. The summed E-state index contributed by atoms with van der Waals surface area (Å²) in [7, 11) is 0. The number of hydrogen-bond acceptors (Lipinski definition) is 5. The van der Waals surface area contributed by atoms with E-state index in [1.54, 1.807) is 4.90 Å². The molecule has 1 aromatic rings. The zero-order valence-corrected chi connectivity index (χ0v) is 15.9. The number of halogens is 1. The van der Waals surface area contributed by atoms with Crippen LogP contribution >= 0.6 is 15.9 Å². The molecule has 1 atom stereocenters. The van der Waals surface area contributed by atoms with Crippen molar-refractivity contribution in [1.82, 2.24) is 4.90 Å². The van der Waals surface area contributed by atoms with Gasteiger partial charge in [0, 0.05) is 18.2 Å². The quantitative estimate of drug-likeness (QED) is 0.413. The molecular weight excluding hydrogens is 380 g/mol. The number of benzene rings is 1. The highest BCUT2D eigenvalue weighted by Crippen LogP contribution is 2.26. The number of amides is 1. The predicted molar refractivity (Wildman–Crippen MR) is 92.8 cm³/mol. The molecule has 0 aromatic heterocycles. The normalized spacial score (nSPS) is 12.2. The fraction of sp³-hybridized carbons (Fsp3) is 0.500. The van der Waals surface area contributed by atoms with Gasteiger partial charge in [-0.25, -0.2) is 4.79 Å². The Bertz CT molecular complexity index is 637. The predicted octanol–water partition coefficient (Wildman–Crippen LogP) is 3.55. The Hall–Kier alpha value is -1.96. The molecule has 0 fully saturated rings. The van der Waals surface area contributed by atoms with Crippen LogP contribution < -0.4 is 0 Å². The second-order valence-corrected chi connectivity index (χ2v) is 6.76. The highest BCUT2D eigenvalue weighted by Gasteiger charge is 2.28. The molecule has 0 saturated heterocycles. The summed E-state index contributed by atoms with van der Waals surface area (Å²) in [5.74, 6) is -1.08. The first-order chi connectivity index (χ1) is 11.1. The summed E-state index contributed by atoms with van der Waals surface area (Å²) in [5.41, 5.74) is -0.223. The number of nitro benzene ring substituents is 1. The summed E-state index contributed by atoms with van der Waals surface area (Å²) in [4.78, 5) is 36.6. The molecule has 7 nitrogen and oxygen atoms in total. The number of ether oxygens (including phenoxy) is 1. The van der Waals surface area contributed by atoms with Crippen LogP contribution in [0.1, 0.15) is 45.0 Å². The van der Waals surface area contributed by atoms with Gasteiger partial charge in [-0.3, -0.25) is 14.9 Å². The molecule has 0 aliphatic carbocycles. The number of nitro groups is 1. The van der Waals surface area contributed by atoms with Crippen LogP contribution in [0.4, 0.5) is 5.69 Å². The molecule has 0 unspecified atom stereocenters. The van der Waals surface area contributed by atoms with Crippen molar-refractivity contribution >= 4 is 33.5 Å². The van der Waals surface area contributed by atoms with Crippen LogP contribution in [0, 0.1) is 10.1 Å². The molecule has 0 heterocycles. The van der Waals surface area contributed by atoms with E-state index in [0.717, 1.165) is 6.07 Å². The third-order valence-electron chi connectivity index (χ3n) is 3.38. The van der Waals surface area contributed by atoms with E-state index < -0.39 is 17.0 Å². The standard InChI is InChI=1S/C16H21BrN2O5/c1-9(2)18(10(3)4)15(20)11(5)24-16(21)12-6-7-13(17)14(8-12)19(22)23/h6-11H,1-5H3/t11-/m1/s1. The topological polar surface area (TPSA) is 89.8 Å². The lowest BCUT2D eigenvalue weighted by Gasteiger charge is -2.32. The Kier molecular flexibility index (Phi) is 6.89. The van der Waals surface area contributed by atoms with Crippen LogP contribution in [0.15, 0.2) is 22.7 Å². The Balaban J connectivity index is 2.93. The zero-order valence-electron chi connectivity index (χ0n) is 14.3. The largest absolute Gasteiger partial charge is 0.449 e. The van der Waals surface area contributed by atoms with E-state index in [-0.39, 0.29) is 33.7 Å². The maximum absolute atomic E-state index is 12.5. The van der Waals surface area contributed by atoms with E-state index in [9.17, 15) is 19.7 Å². The van der Waals surface area contributed by atoms with Crippen molar-refractivity contribution in [2.75, 3.05) is 0 Å². The minimum Gasteiger partial charge on any atom is -0.449 e. The van der Waals surface area contributed by atoms with Gasteiger partial charge in [-0.05, 0) is 62.7 Å². The van der Waals surface area contributed by atoms with Crippen molar-refractivity contribution < 1.29 is 19.2 Å². The number of esters is 1. The second-order valence-electron chi connectivity index (χ2n) is 5.90. The minimum absolute atomic E-state index is 0.0187. The lowest BCUT2D eigenvalue weighted by molar-refractivity contribution is -0.385. The highest BCUT2D eigenvalue weighted by molar-refractivity contribution is 9.10. The first kappa shape index (κ1) is 20.1. The van der Waals surface area contributed by atoms with Crippen LogP contribution in [0.25, 0.3) is 0 Å². The summed E-state index contributed by atoms with van der Waals surface area (Å²) < 4.78 is 5.45. The SMILES string of the molecule is CC(C)N(C(=O)[C@@H](C)OC(=O)c1ccc(Br)c([N+](=O)[O-])c1)C(C)C. The molecule has 1 amide bonds. The van der Waals surface area contributed by atoms with E-state index in [1.807, 2.05) is 27.7 Å². The molecule has 0 bridgehead atoms. The number of carbonyl (C=O) groups excluding carboxylic acids is 2. The maximum atomic E-state index is 12.5. The van der Waals surface area contributed by atoms with Crippen LogP contribution in [0.3, 0.4) is 0 Å². The van der Waals surface area contributed by atoms with Gasteiger partial charge in [0.25, 0.3) is 11.6 Å². The number of hydrogen-bond donors (Lipinski definition) is 0. The first-order valence-electron chi connectivity index (χ1n) is 7.53. The van der Waals surface area contributed by atoms with Crippen molar-refractivity contribution in [3.05, 3.63) is 38.3 Å². The average molecular weight is 401 g/mol. The van der Waals surface area contributed by atoms with Gasteiger partial charge in [0.1, 0.15) is 0 Å². The summed E-state index contributed by atoms with van der Waals surface area (Å²) in [6.07, 6.45) is -0.981. The van der Waals surface area contributed by atoms with Gasteiger partial charge < -0.3 is 9.64 Å². The molecular formula is C16H21BrN2O5. The van der Waals surface area contributed by atoms with Crippen LogP contribution in [0.5, 0.6) is 0 Å². The van der Waals surface area contributed by atoms with Gasteiger partial charge in [-0.15, -0.1) is 0 Å². The Morgan fingerprint density at radius 1 is 1.17 bits per heavy atom. The van der Waals surface area contributed by atoms with E-state index in [4.69, 9.17) is 4.74 Å². The van der Waals surface area contributed by atoms with Crippen molar-refractivity contribution in [2.24, 2.45) is 0 Å². The van der Waals surface area contributed by atoms with Crippen LogP contribution in [0.2, 0.25) is 0 Å². The summed E-state index contributed by atoms with van der Waals surface area (Å²) in [6, 6.07) is 3.85. The maximum Gasteiger partial charge on any atom is 0.339 e. The molecule has 0 aliphatic heterocycles. The second kappa shape index (κ2) is 8.23. The van der Waals surface area contributed by atoms with Gasteiger partial charge in [0.2, 0.25) is 0 Å². The van der Waals surface area contributed by atoms with Crippen LogP contribution in [-0.4, -0.2) is 39.9 Å². The van der Waals surface area contributed by atoms with E-state index in [0.29, 0.717) is 0 Å². The van der Waals surface area contributed by atoms with Gasteiger partial charge in [0.05, 0.1) is 15.0 Å². The van der Waals surface area contributed by atoms with E-state index in [2.05, 4.69) is 15.9 Å². The van der Waals surface area contributed by atoms with E-state index in [1.165, 1.54) is 19.1 Å². The smallest absolute Gasteiger partial charge is 0.339 e. The first-order valence-corrected chi connectivity index (χ1v) is 8.32. The summed E-state index contributed by atoms with van der Waals surface area (Å²) in [6.45, 7) is 9.01. The fourth-order valence-electron chi connectivity index (χ4n) is 2.37. The fourth-order valence-corrected chi connectivity index (χ4v) is 2.77. The monoisotopic (exact) mass is 400 g/mol. The molecule has 1 rings (SSSR count). The molecule has 0 radical (unpaired) electrons. The molecule has 132 valence electrons. The number of carbonyl (C=O) groups is 2. The Morgan fingerprint density at radius 2 is 1.71 bits per heavy atom. The van der Waals surface area contributed by atoms with Crippen molar-refractivity contribution in [2.45, 2.75) is 52.8 Å². The van der Waals surface area contributed by atoms with Gasteiger partial charge in [-0.1, -0.05) is 0 Å². The molecule has 24 heavy (non-hydrogen) atoms. The van der Waals surface area contributed by atoms with Crippen molar-refractivity contribution in [3.8, 4) is 0 Å². The van der Waals surface area contributed by atoms with Crippen LogP contribution in [-0.2, 0) is 9.53 Å². The number of rotatable bonds is 6. The van der Waals surface area contributed by atoms with Crippen molar-refractivity contribution in [3.63, 3.8) is 0 Å². The van der Waals surface area contributed by atoms with Gasteiger partial charge >= 0.3 is 5.97 Å². The molecule has 0 aliphatic rings. The molecule has 1 aromatic carbocycles. The van der Waals surface area contributed by atoms with Crippen molar-refractivity contribution in [1.29, 1.82) is 0 Å². The zero-order chi connectivity index (χ0) is 18.6. The molecule has 8 heteroatoms. The average Bonchev–Trinajstić information content (AvgIpc) is 2.46. The summed E-state index contributed by atoms with van der Waals surface area (Å²) >= 11 is 3.05. The highest BCUT2D eigenvalue weighted by atomic mass is 79.9. The van der Waals surface area contributed by atoms with Gasteiger partial charge in [-0.2, -0.15) is 0 Å².